The predicted octanol–water partition coefficient (Wildman–Crippen LogP) is 2.89. The van der Waals surface area contributed by atoms with Gasteiger partial charge in [-0.1, -0.05) is 24.3 Å². The van der Waals surface area contributed by atoms with Gasteiger partial charge < -0.3 is 19.7 Å². The number of amides is 1. The van der Waals surface area contributed by atoms with Crippen molar-refractivity contribution in [1.29, 1.82) is 0 Å². The van der Waals surface area contributed by atoms with Crippen LogP contribution in [0.3, 0.4) is 0 Å². The highest BCUT2D eigenvalue weighted by Gasteiger charge is 2.27. The van der Waals surface area contributed by atoms with Crippen LogP contribution in [0.2, 0.25) is 0 Å². The monoisotopic (exact) mass is 501 g/mol. The number of rotatable bonds is 11. The van der Waals surface area contributed by atoms with Crippen LogP contribution in [-0.4, -0.2) is 70.8 Å². The van der Waals surface area contributed by atoms with Crippen molar-refractivity contribution < 1.29 is 22.7 Å². The quantitative estimate of drug-likeness (QED) is 0.476. The molecule has 1 aliphatic heterocycles. The maximum absolute atomic E-state index is 13.1. The number of nitrogens with zero attached hydrogens (tertiary/aromatic N) is 2. The Morgan fingerprint density at radius 1 is 1.17 bits per heavy atom. The van der Waals surface area contributed by atoms with E-state index in [0.717, 1.165) is 30.1 Å². The molecule has 1 atom stereocenters. The third-order valence-electron chi connectivity index (χ3n) is 6.13. The number of sulfone groups is 1. The summed E-state index contributed by atoms with van der Waals surface area (Å²) in [5.74, 6) is 1.38. The molecule has 1 unspecified atom stereocenters. The second kappa shape index (κ2) is 11.7. The lowest BCUT2D eigenvalue weighted by molar-refractivity contribution is -0.135. The van der Waals surface area contributed by atoms with Gasteiger partial charge in [-0.25, -0.2) is 8.42 Å². The zero-order valence-corrected chi connectivity index (χ0v) is 21.9. The molecule has 2 aromatic rings. The van der Waals surface area contributed by atoms with E-state index in [2.05, 4.69) is 10.3 Å². The van der Waals surface area contributed by atoms with Crippen molar-refractivity contribution in [1.82, 2.24) is 10.2 Å². The van der Waals surface area contributed by atoms with Crippen LogP contribution in [0.4, 0.5) is 0 Å². The van der Waals surface area contributed by atoms with Gasteiger partial charge in [0.25, 0.3) is 0 Å². The Morgan fingerprint density at radius 2 is 1.83 bits per heavy atom. The van der Waals surface area contributed by atoms with Crippen LogP contribution in [0.5, 0.6) is 5.75 Å². The van der Waals surface area contributed by atoms with Gasteiger partial charge in [0, 0.05) is 32.3 Å². The summed E-state index contributed by atoms with van der Waals surface area (Å²) < 4.78 is 37.0. The highest BCUT2D eigenvalue weighted by Crippen LogP contribution is 2.29. The Labute approximate surface area is 208 Å². The minimum atomic E-state index is -3.54. The van der Waals surface area contributed by atoms with Crippen molar-refractivity contribution in [3.05, 3.63) is 58.7 Å². The Kier molecular flexibility index (Phi) is 8.91. The van der Waals surface area contributed by atoms with Gasteiger partial charge >= 0.3 is 0 Å². The standard InChI is InChI=1S/C26H35N3O5S/c1-18-14-23(33-5)15-19(2)25(18)35(31,32)20(3)10-13-34-17-24(30)29(4)16-21-6-8-22(9-7-21)26-27-11-12-28-26/h6-9,14-15,20H,10-13,16-17H2,1-5H3,(H,27,28). The number of amidine groups is 1. The number of hydrogen-bond acceptors (Lipinski definition) is 7. The molecule has 3 rings (SSSR count). The minimum absolute atomic E-state index is 0.0946. The molecule has 0 spiro atoms. The maximum Gasteiger partial charge on any atom is 0.248 e. The molecule has 0 radical (unpaired) electrons. The second-order valence-electron chi connectivity index (χ2n) is 8.89. The van der Waals surface area contributed by atoms with E-state index >= 15 is 0 Å². The number of aryl methyl sites for hydroxylation is 2. The van der Waals surface area contributed by atoms with Gasteiger partial charge in [-0.3, -0.25) is 9.79 Å². The number of hydrogen-bond donors (Lipinski definition) is 1. The molecule has 8 nitrogen and oxygen atoms in total. The fourth-order valence-corrected chi connectivity index (χ4v) is 5.90. The molecule has 0 aliphatic carbocycles. The average Bonchev–Trinajstić information content (AvgIpc) is 3.36. The van der Waals surface area contributed by atoms with Crippen molar-refractivity contribution in [3.63, 3.8) is 0 Å². The lowest BCUT2D eigenvalue weighted by Crippen LogP contribution is -2.30. The summed E-state index contributed by atoms with van der Waals surface area (Å²) in [5, 5.41) is 2.60. The van der Waals surface area contributed by atoms with E-state index in [1.54, 1.807) is 52.0 Å². The highest BCUT2D eigenvalue weighted by atomic mass is 32.2. The molecule has 35 heavy (non-hydrogen) atoms. The van der Waals surface area contributed by atoms with Crippen molar-refractivity contribution in [2.24, 2.45) is 4.99 Å². The molecular formula is C26H35N3O5S. The van der Waals surface area contributed by atoms with Crippen molar-refractivity contribution in [2.45, 2.75) is 43.9 Å². The minimum Gasteiger partial charge on any atom is -0.497 e. The number of carbonyl (C=O) groups excluding carboxylic acids is 1. The first-order chi connectivity index (χ1) is 16.6. The maximum atomic E-state index is 13.1. The van der Waals surface area contributed by atoms with Crippen LogP contribution in [0.25, 0.3) is 0 Å². The Morgan fingerprint density at radius 3 is 2.40 bits per heavy atom. The Hall–Kier alpha value is -2.91. The first-order valence-electron chi connectivity index (χ1n) is 11.7. The Bertz CT molecular complexity index is 1150. The topological polar surface area (TPSA) is 97.3 Å². The van der Waals surface area contributed by atoms with Crippen LogP contribution in [0, 0.1) is 13.8 Å². The normalized spacial score (nSPS) is 14.3. The van der Waals surface area contributed by atoms with Gasteiger partial charge in [-0.05, 0) is 56.0 Å². The third-order valence-corrected chi connectivity index (χ3v) is 8.63. The van der Waals surface area contributed by atoms with Crippen LogP contribution in [0.15, 0.2) is 46.3 Å². The lowest BCUT2D eigenvalue weighted by atomic mass is 10.1. The molecule has 1 aliphatic rings. The predicted molar refractivity (Wildman–Crippen MR) is 137 cm³/mol. The summed E-state index contributed by atoms with van der Waals surface area (Å²) in [6, 6.07) is 11.4. The number of likely N-dealkylation sites (N-methyl/N-ethyl adjacent to an activating group) is 1. The zero-order chi connectivity index (χ0) is 25.6. The van der Waals surface area contributed by atoms with Gasteiger partial charge in [0.2, 0.25) is 5.91 Å². The summed E-state index contributed by atoms with van der Waals surface area (Å²) >= 11 is 0. The molecule has 0 aromatic heterocycles. The molecule has 190 valence electrons. The van der Waals surface area contributed by atoms with E-state index in [0.29, 0.717) is 34.7 Å². The summed E-state index contributed by atoms with van der Waals surface area (Å²) in [7, 11) is -0.253. The summed E-state index contributed by atoms with van der Waals surface area (Å²) in [6.07, 6.45) is 0.295. The van der Waals surface area contributed by atoms with Crippen molar-refractivity contribution in [2.75, 3.05) is 40.5 Å². The molecule has 1 heterocycles. The number of nitrogens with one attached hydrogen (secondary N) is 1. The molecule has 0 saturated carbocycles. The number of ether oxygens (including phenoxy) is 2. The van der Waals surface area contributed by atoms with Gasteiger partial charge in [-0.2, -0.15) is 0 Å². The molecule has 1 amide bonds. The molecule has 0 saturated heterocycles. The lowest BCUT2D eigenvalue weighted by Gasteiger charge is -2.19. The summed E-state index contributed by atoms with van der Waals surface area (Å²) in [4.78, 5) is 18.8. The number of aliphatic imine (C=N–C) groups is 1. The second-order valence-corrected chi connectivity index (χ2v) is 11.2. The number of carbonyl (C=O) groups is 1. The zero-order valence-electron chi connectivity index (χ0n) is 21.1. The van der Waals surface area contributed by atoms with E-state index in [9.17, 15) is 13.2 Å². The van der Waals surface area contributed by atoms with Gasteiger partial charge in [0.1, 0.15) is 18.2 Å². The molecule has 0 bridgehead atoms. The van der Waals surface area contributed by atoms with Gasteiger partial charge in [0.05, 0.1) is 23.8 Å². The van der Waals surface area contributed by atoms with Crippen molar-refractivity contribution in [3.8, 4) is 5.75 Å². The highest BCUT2D eigenvalue weighted by molar-refractivity contribution is 7.92. The number of methoxy groups -OCH3 is 1. The number of benzene rings is 2. The first-order valence-corrected chi connectivity index (χ1v) is 13.3. The van der Waals surface area contributed by atoms with Gasteiger partial charge in [-0.15, -0.1) is 0 Å². The fourth-order valence-electron chi connectivity index (χ4n) is 4.07. The van der Waals surface area contributed by atoms with E-state index in [4.69, 9.17) is 9.47 Å². The van der Waals surface area contributed by atoms with Gasteiger partial charge in [0.15, 0.2) is 9.84 Å². The van der Waals surface area contributed by atoms with Crippen LogP contribution in [-0.2, 0) is 25.9 Å². The van der Waals surface area contributed by atoms with Crippen LogP contribution < -0.4 is 10.1 Å². The summed E-state index contributed by atoms with van der Waals surface area (Å²) in [6.45, 7) is 7.41. The molecule has 0 fully saturated rings. The SMILES string of the molecule is COc1cc(C)c(S(=O)(=O)C(C)CCOCC(=O)N(C)Cc2ccc(C3=NCCN3)cc2)c(C)c1. The largest absolute Gasteiger partial charge is 0.497 e. The molecule has 2 aromatic carbocycles. The van der Waals surface area contributed by atoms with Crippen LogP contribution in [0.1, 0.15) is 35.6 Å². The summed E-state index contributed by atoms with van der Waals surface area (Å²) in [5.41, 5.74) is 3.36. The van der Waals surface area contributed by atoms with E-state index in [1.807, 2.05) is 24.3 Å². The van der Waals surface area contributed by atoms with Crippen LogP contribution >= 0.6 is 0 Å². The molecule has 9 heteroatoms. The first kappa shape index (κ1) is 26.7. The van der Waals surface area contributed by atoms with E-state index < -0.39 is 15.1 Å². The average molecular weight is 502 g/mol. The smallest absolute Gasteiger partial charge is 0.248 e. The third kappa shape index (κ3) is 6.61. The van der Waals surface area contributed by atoms with E-state index in [1.165, 1.54) is 0 Å². The van der Waals surface area contributed by atoms with E-state index in [-0.39, 0.29) is 19.1 Å². The molecular weight excluding hydrogens is 466 g/mol. The van der Waals surface area contributed by atoms with Crippen molar-refractivity contribution >= 4 is 21.6 Å². The fraction of sp³-hybridized carbons (Fsp3) is 0.462. The Balaban J connectivity index is 1.47. The molecule has 1 N–H and O–H groups in total.